The molecule has 0 spiro atoms. The highest BCUT2D eigenvalue weighted by Gasteiger charge is 2.08. The van der Waals surface area contributed by atoms with Gasteiger partial charge in [-0.1, -0.05) is 6.07 Å². The standard InChI is InChI=1S/C15H20N6O/c1-21(2)10-9-18-15-17-8-6-13(20-15)14(22)19-11-12-5-3-4-7-16-12/h3-8H,9-11H2,1-2H3,(H,19,22)(H,17,18,20). The number of hydrogen-bond donors (Lipinski definition) is 2. The zero-order chi connectivity index (χ0) is 15.8. The quantitative estimate of drug-likeness (QED) is 0.786. The minimum atomic E-state index is -0.247. The van der Waals surface area contributed by atoms with Crippen molar-refractivity contribution >= 4 is 11.9 Å². The molecule has 0 fully saturated rings. The van der Waals surface area contributed by atoms with Crippen molar-refractivity contribution in [3.8, 4) is 0 Å². The number of rotatable bonds is 7. The molecular formula is C15H20N6O. The largest absolute Gasteiger partial charge is 0.353 e. The number of likely N-dealkylation sites (N-methyl/N-ethyl adjacent to an activating group) is 1. The van der Waals surface area contributed by atoms with E-state index in [-0.39, 0.29) is 5.91 Å². The third kappa shape index (κ3) is 5.10. The second kappa shape index (κ2) is 8.04. The van der Waals surface area contributed by atoms with Crippen LogP contribution < -0.4 is 10.6 Å². The van der Waals surface area contributed by atoms with Crippen LogP contribution in [0.15, 0.2) is 36.7 Å². The molecule has 2 rings (SSSR count). The summed E-state index contributed by atoms with van der Waals surface area (Å²) in [7, 11) is 3.98. The number of anilines is 1. The fraction of sp³-hybridized carbons (Fsp3) is 0.333. The molecule has 7 heteroatoms. The Labute approximate surface area is 129 Å². The second-order valence-electron chi connectivity index (χ2n) is 5.00. The fourth-order valence-electron chi connectivity index (χ4n) is 1.73. The van der Waals surface area contributed by atoms with Crippen molar-refractivity contribution in [3.63, 3.8) is 0 Å². The van der Waals surface area contributed by atoms with Gasteiger partial charge >= 0.3 is 0 Å². The van der Waals surface area contributed by atoms with Crippen molar-refractivity contribution in [2.45, 2.75) is 6.54 Å². The van der Waals surface area contributed by atoms with Crippen LogP contribution >= 0.6 is 0 Å². The smallest absolute Gasteiger partial charge is 0.270 e. The zero-order valence-corrected chi connectivity index (χ0v) is 12.8. The number of aromatic nitrogens is 3. The van der Waals surface area contributed by atoms with E-state index >= 15 is 0 Å². The Morgan fingerprint density at radius 3 is 2.77 bits per heavy atom. The zero-order valence-electron chi connectivity index (χ0n) is 12.8. The lowest BCUT2D eigenvalue weighted by atomic mass is 10.3. The molecule has 0 aliphatic heterocycles. The Bertz CT molecular complexity index is 602. The molecule has 2 aromatic heterocycles. The third-order valence-electron chi connectivity index (χ3n) is 2.89. The van der Waals surface area contributed by atoms with E-state index in [0.29, 0.717) is 24.7 Å². The average Bonchev–Trinajstić information content (AvgIpc) is 2.53. The van der Waals surface area contributed by atoms with Crippen LogP contribution in [0.25, 0.3) is 0 Å². The number of carbonyl (C=O) groups excluding carboxylic acids is 1. The fourth-order valence-corrected chi connectivity index (χ4v) is 1.73. The van der Waals surface area contributed by atoms with Crippen LogP contribution in [0.3, 0.4) is 0 Å². The molecule has 0 atom stereocenters. The van der Waals surface area contributed by atoms with Crippen molar-refractivity contribution in [1.29, 1.82) is 0 Å². The normalized spacial score (nSPS) is 10.5. The highest BCUT2D eigenvalue weighted by atomic mass is 16.1. The molecule has 0 aliphatic rings. The van der Waals surface area contributed by atoms with Gasteiger partial charge in [-0.25, -0.2) is 9.97 Å². The van der Waals surface area contributed by atoms with E-state index in [1.807, 2.05) is 32.3 Å². The van der Waals surface area contributed by atoms with Gasteiger partial charge in [0.1, 0.15) is 5.69 Å². The summed E-state index contributed by atoms with van der Waals surface area (Å²) in [5.74, 6) is 0.205. The predicted octanol–water partition coefficient (Wildman–Crippen LogP) is 0.775. The van der Waals surface area contributed by atoms with Gasteiger partial charge in [0.25, 0.3) is 5.91 Å². The van der Waals surface area contributed by atoms with Gasteiger partial charge in [0, 0.05) is 25.5 Å². The monoisotopic (exact) mass is 300 g/mol. The minimum absolute atomic E-state index is 0.247. The van der Waals surface area contributed by atoms with Gasteiger partial charge < -0.3 is 15.5 Å². The molecule has 0 saturated heterocycles. The molecule has 2 N–H and O–H groups in total. The summed E-state index contributed by atoms with van der Waals surface area (Å²) >= 11 is 0. The summed E-state index contributed by atoms with van der Waals surface area (Å²) < 4.78 is 0. The van der Waals surface area contributed by atoms with Crippen LogP contribution in [0.5, 0.6) is 0 Å². The Balaban J connectivity index is 1.89. The van der Waals surface area contributed by atoms with Crippen molar-refractivity contribution in [2.24, 2.45) is 0 Å². The van der Waals surface area contributed by atoms with Gasteiger partial charge in [-0.3, -0.25) is 9.78 Å². The predicted molar refractivity (Wildman–Crippen MR) is 84.5 cm³/mol. The van der Waals surface area contributed by atoms with Crippen LogP contribution in [-0.4, -0.2) is 52.9 Å². The summed E-state index contributed by atoms with van der Waals surface area (Å²) in [5.41, 5.74) is 1.13. The summed E-state index contributed by atoms with van der Waals surface area (Å²) in [6, 6.07) is 7.16. The molecule has 1 amide bonds. The lowest BCUT2D eigenvalue weighted by molar-refractivity contribution is 0.0945. The Morgan fingerprint density at radius 1 is 1.18 bits per heavy atom. The molecule has 0 radical (unpaired) electrons. The summed E-state index contributed by atoms with van der Waals surface area (Å²) in [6.45, 7) is 1.94. The molecular weight excluding hydrogens is 280 g/mol. The van der Waals surface area contributed by atoms with E-state index in [9.17, 15) is 4.79 Å². The lowest BCUT2D eigenvalue weighted by Gasteiger charge is -2.10. The minimum Gasteiger partial charge on any atom is -0.353 e. The number of hydrogen-bond acceptors (Lipinski definition) is 6. The first-order valence-corrected chi connectivity index (χ1v) is 7.05. The van der Waals surface area contributed by atoms with Gasteiger partial charge in [0.05, 0.1) is 12.2 Å². The van der Waals surface area contributed by atoms with Crippen molar-refractivity contribution in [1.82, 2.24) is 25.2 Å². The van der Waals surface area contributed by atoms with E-state index in [1.165, 1.54) is 0 Å². The summed E-state index contributed by atoms with van der Waals surface area (Å²) in [4.78, 5) is 26.6. The summed E-state index contributed by atoms with van der Waals surface area (Å²) in [5, 5.41) is 5.88. The molecule has 0 bridgehead atoms. The van der Waals surface area contributed by atoms with Crippen LogP contribution in [0.1, 0.15) is 16.2 Å². The van der Waals surface area contributed by atoms with Crippen molar-refractivity contribution < 1.29 is 4.79 Å². The van der Waals surface area contributed by atoms with Crippen molar-refractivity contribution in [3.05, 3.63) is 48.0 Å². The molecule has 2 aromatic rings. The number of nitrogens with zero attached hydrogens (tertiary/aromatic N) is 4. The van der Waals surface area contributed by atoms with Crippen molar-refractivity contribution in [2.75, 3.05) is 32.5 Å². The second-order valence-corrected chi connectivity index (χ2v) is 5.00. The van der Waals surface area contributed by atoms with Crippen LogP contribution in [-0.2, 0) is 6.54 Å². The third-order valence-corrected chi connectivity index (χ3v) is 2.89. The Morgan fingerprint density at radius 2 is 2.05 bits per heavy atom. The number of carbonyl (C=O) groups is 1. The van der Waals surface area contributed by atoms with Crippen LogP contribution in [0.4, 0.5) is 5.95 Å². The molecule has 116 valence electrons. The highest BCUT2D eigenvalue weighted by molar-refractivity contribution is 5.92. The number of nitrogens with one attached hydrogen (secondary N) is 2. The number of amides is 1. The Hall–Kier alpha value is -2.54. The van der Waals surface area contributed by atoms with Crippen LogP contribution in [0, 0.1) is 0 Å². The van der Waals surface area contributed by atoms with Gasteiger partial charge in [-0.05, 0) is 32.3 Å². The first-order valence-electron chi connectivity index (χ1n) is 7.05. The molecule has 7 nitrogen and oxygen atoms in total. The van der Waals surface area contributed by atoms with E-state index in [4.69, 9.17) is 0 Å². The lowest BCUT2D eigenvalue weighted by Crippen LogP contribution is -2.25. The van der Waals surface area contributed by atoms with E-state index < -0.39 is 0 Å². The van der Waals surface area contributed by atoms with E-state index in [1.54, 1.807) is 18.5 Å². The van der Waals surface area contributed by atoms with Gasteiger partial charge in [-0.2, -0.15) is 0 Å². The topological polar surface area (TPSA) is 83.0 Å². The van der Waals surface area contributed by atoms with Crippen LogP contribution in [0.2, 0.25) is 0 Å². The molecule has 0 aromatic carbocycles. The molecule has 0 saturated carbocycles. The van der Waals surface area contributed by atoms with E-state index in [0.717, 1.165) is 12.2 Å². The highest BCUT2D eigenvalue weighted by Crippen LogP contribution is 2.01. The molecule has 0 aliphatic carbocycles. The first-order chi connectivity index (χ1) is 10.6. The maximum absolute atomic E-state index is 12.1. The Kier molecular flexibility index (Phi) is 5.79. The van der Waals surface area contributed by atoms with Gasteiger partial charge in [-0.15, -0.1) is 0 Å². The van der Waals surface area contributed by atoms with Gasteiger partial charge in [0.15, 0.2) is 0 Å². The van der Waals surface area contributed by atoms with E-state index in [2.05, 4.69) is 30.5 Å². The number of pyridine rings is 1. The van der Waals surface area contributed by atoms with Gasteiger partial charge in [0.2, 0.25) is 5.95 Å². The first kappa shape index (κ1) is 15.8. The molecule has 0 unspecified atom stereocenters. The molecule has 2 heterocycles. The maximum atomic E-state index is 12.1. The maximum Gasteiger partial charge on any atom is 0.270 e. The molecule has 22 heavy (non-hydrogen) atoms. The SMILES string of the molecule is CN(C)CCNc1nccc(C(=O)NCc2ccccn2)n1. The average molecular weight is 300 g/mol. The summed E-state index contributed by atoms with van der Waals surface area (Å²) in [6.07, 6.45) is 3.26.